The molecule has 29 heteroatoms. The molecule has 8 rings (SSSR count). The van der Waals surface area contributed by atoms with E-state index in [1.54, 1.807) is 6.92 Å². The Bertz CT molecular complexity index is 3200. The lowest BCUT2D eigenvalue weighted by Gasteiger charge is -2.51. The zero-order valence-corrected chi connectivity index (χ0v) is 66.2. The zero-order chi connectivity index (χ0) is 78.7. The quantitative estimate of drug-likeness (QED) is 0.184. The average Bonchev–Trinajstić information content (AvgIpc) is 1.60. The van der Waals surface area contributed by atoms with Gasteiger partial charge < -0.3 is 69.1 Å². The van der Waals surface area contributed by atoms with Crippen LogP contribution in [0.2, 0.25) is 0 Å². The molecule has 2 bridgehead atoms. The van der Waals surface area contributed by atoms with Gasteiger partial charge in [0.15, 0.2) is 0 Å². The molecule has 14 atom stereocenters. The highest BCUT2D eigenvalue weighted by molar-refractivity contribution is 6.01. The lowest BCUT2D eigenvalue weighted by molar-refractivity contribution is -0.215. The van der Waals surface area contributed by atoms with E-state index in [1.807, 2.05) is 32.9 Å². The topological polar surface area (TPSA) is 280 Å². The highest BCUT2D eigenvalue weighted by Crippen LogP contribution is 2.45. The van der Waals surface area contributed by atoms with Gasteiger partial charge in [-0.15, -0.1) is 0 Å². The van der Waals surface area contributed by atoms with Crippen molar-refractivity contribution in [2.45, 2.75) is 280 Å². The number of alkyl halides is 3. The van der Waals surface area contributed by atoms with Crippen molar-refractivity contribution < 1.29 is 80.2 Å². The van der Waals surface area contributed by atoms with Crippen LogP contribution in [0.5, 0.6) is 0 Å². The van der Waals surface area contributed by atoms with Crippen LogP contribution in [0.25, 0.3) is 0 Å². The van der Waals surface area contributed by atoms with Crippen LogP contribution in [-0.4, -0.2) is 294 Å². The Kier molecular flexibility index (Phi) is 30.2. The fraction of sp³-hybridized carbons (Fsp3) is 0.821. The lowest BCUT2D eigenvalue weighted by atomic mass is 9.73. The minimum absolute atomic E-state index is 0.000837. The number of nitrogens with zero attached hydrogens (tertiary/aromatic N) is 10. The van der Waals surface area contributed by atoms with Crippen LogP contribution in [0.1, 0.15) is 202 Å². The number of fused-ring (bicyclic) bond motifs is 4. The van der Waals surface area contributed by atoms with Crippen LogP contribution in [0.3, 0.4) is 0 Å². The third-order valence-electron chi connectivity index (χ3n) is 25.5. The summed E-state index contributed by atoms with van der Waals surface area (Å²) < 4.78 is 54.7. The van der Waals surface area contributed by atoms with Gasteiger partial charge in [0.2, 0.25) is 70.9 Å². The smallest absolute Gasteiger partial charge is 0.381 e. The summed E-state index contributed by atoms with van der Waals surface area (Å²) >= 11 is 0. The highest BCUT2D eigenvalue weighted by Gasteiger charge is 2.57. The number of carbonyl (C=O) groups excluding carboxylic acids is 12. The SMILES string of the molecule is CCC[C@H]1C(=O)N[C@@H]([C@@H](C)CC)C(=O)N2CCC[C@H]2C(=O)N(C)[C@H]2C/C=C\CCN(C2=O)[C@@H](CC2CCC(C)CC2)C(=O)N(C)CC(=O)N[C@@H](CCC2CCC(C(F)(F)F)C(OC)C2)C(=O)N2C[C@H](OCC)C[C@H]2C(=O)N(C)C2(CCC2)C(=O)N(C)[C@@H](C2CCCC2)C(=O)N(C)[C@H](C(=O)N(C)C)CC(=O)N1C. The van der Waals surface area contributed by atoms with Crippen molar-refractivity contribution in [3.63, 3.8) is 0 Å². The predicted octanol–water partition coefficient (Wildman–Crippen LogP) is 6.17. The van der Waals surface area contributed by atoms with E-state index >= 15 is 38.4 Å². The summed E-state index contributed by atoms with van der Waals surface area (Å²) in [5.41, 5.74) is -1.54. The molecule has 0 aromatic heterocycles. The monoisotopic (exact) mass is 1510 g/mol. The van der Waals surface area contributed by atoms with Crippen LogP contribution in [0.15, 0.2) is 12.2 Å². The Hall–Kier alpha value is -6.91. The minimum atomic E-state index is -4.52. The third kappa shape index (κ3) is 19.6. The number of amides is 12. The summed E-state index contributed by atoms with van der Waals surface area (Å²) in [5, 5.41) is 5.90. The molecular formula is C78H125F3N12O14. The molecule has 7 fully saturated rings. The average molecular weight is 1510 g/mol. The molecule has 3 unspecified atom stereocenters. The largest absolute Gasteiger partial charge is 0.394 e. The van der Waals surface area contributed by atoms with Gasteiger partial charge in [-0.05, 0) is 139 Å². The van der Waals surface area contributed by atoms with Crippen LogP contribution in [-0.2, 0) is 67.0 Å². The number of halogens is 3. The fourth-order valence-electron chi connectivity index (χ4n) is 18.4. The molecule has 12 amide bonds. The standard InChI is InChI=1S/C78H125F3N12O14/c1-15-25-56-67(96)83-65(49(5)16-2)74(103)91-41-23-29-58(91)71(100)87(10)57-28-19-18-22-40-92(73(57)102)60(42-50-32-30-48(4)31-33-50)70(99)85(8)47-63(94)82-55(37-35-51-34-36-54(78(79,80)81)62(43-51)106-14)68(97)93-46-53(107-17-3)44-61(93)72(101)90(13)77(38-24-39-77)76(105)89(12)66(52-26-20-21-27-52)75(104)88(11)59(69(98)84(6)7)45-64(95)86(56)9/h18-19,48-62,65-66H,15-17,20-47H2,1-14H3,(H,82,94)(H,83,96)/b19-18-/t48?,49-,50?,51?,53+,54?,55-,56-,57-,58-,59-,60-,61-,62?,65-,66-/m0/s1. The molecule has 1 spiro atoms. The van der Waals surface area contributed by atoms with Gasteiger partial charge in [0, 0.05) is 96.2 Å². The maximum absolute atomic E-state index is 15.8. The first-order valence-corrected chi connectivity index (χ1v) is 39.8. The van der Waals surface area contributed by atoms with E-state index in [4.69, 9.17) is 9.47 Å². The van der Waals surface area contributed by atoms with Gasteiger partial charge >= 0.3 is 6.18 Å². The summed E-state index contributed by atoms with van der Waals surface area (Å²) in [6.45, 7) is 9.15. The summed E-state index contributed by atoms with van der Waals surface area (Å²) in [6.07, 6.45) is 5.82. The first-order valence-electron chi connectivity index (χ1n) is 39.8. The second-order valence-electron chi connectivity index (χ2n) is 32.6. The molecule has 4 aliphatic carbocycles. The van der Waals surface area contributed by atoms with Gasteiger partial charge in [-0.3, -0.25) is 57.5 Å². The Morgan fingerprint density at radius 3 is 1.93 bits per heavy atom. The van der Waals surface area contributed by atoms with Crippen LogP contribution < -0.4 is 10.6 Å². The van der Waals surface area contributed by atoms with E-state index in [-0.39, 0.29) is 115 Å². The molecule has 0 aromatic rings. The molecule has 602 valence electrons. The summed E-state index contributed by atoms with van der Waals surface area (Å²) in [6, 6.07) is -11.0. The second kappa shape index (κ2) is 37.7. The number of hydrogen-bond donors (Lipinski definition) is 2. The van der Waals surface area contributed by atoms with Crippen LogP contribution in [0, 0.1) is 35.5 Å². The molecule has 107 heavy (non-hydrogen) atoms. The Morgan fingerprint density at radius 1 is 0.654 bits per heavy atom. The van der Waals surface area contributed by atoms with Crippen molar-refractivity contribution in [2.75, 3.05) is 96.3 Å². The van der Waals surface area contributed by atoms with E-state index in [9.17, 15) is 32.3 Å². The maximum Gasteiger partial charge on any atom is 0.394 e. The number of nitrogens with one attached hydrogen (secondary N) is 2. The minimum Gasteiger partial charge on any atom is -0.381 e. The van der Waals surface area contributed by atoms with Gasteiger partial charge in [0.1, 0.15) is 59.9 Å². The Labute approximate surface area is 631 Å². The molecule has 4 heterocycles. The molecule has 4 aliphatic heterocycles. The third-order valence-corrected chi connectivity index (χ3v) is 25.5. The van der Waals surface area contributed by atoms with E-state index in [2.05, 4.69) is 17.6 Å². The number of ether oxygens (including phenoxy) is 2. The number of likely N-dealkylation sites (N-methyl/N-ethyl adjacent to an activating group) is 7. The Balaban J connectivity index is 1.21. The number of methoxy groups -OCH3 is 1. The van der Waals surface area contributed by atoms with E-state index in [1.165, 1.54) is 112 Å². The Morgan fingerprint density at radius 2 is 1.33 bits per heavy atom. The van der Waals surface area contributed by atoms with Crippen molar-refractivity contribution in [3.05, 3.63) is 12.2 Å². The molecule has 0 aromatic carbocycles. The first kappa shape index (κ1) is 85.7. The second-order valence-corrected chi connectivity index (χ2v) is 32.6. The number of hydrogen-bond acceptors (Lipinski definition) is 14. The van der Waals surface area contributed by atoms with Gasteiger partial charge in [-0.25, -0.2) is 0 Å². The van der Waals surface area contributed by atoms with E-state index < -0.39 is 180 Å². The van der Waals surface area contributed by atoms with Gasteiger partial charge in [-0.1, -0.05) is 91.2 Å². The van der Waals surface area contributed by atoms with Gasteiger partial charge in [-0.2, -0.15) is 13.2 Å². The van der Waals surface area contributed by atoms with Crippen molar-refractivity contribution >= 4 is 70.9 Å². The van der Waals surface area contributed by atoms with E-state index in [0.29, 0.717) is 50.9 Å². The number of rotatable bonds is 14. The van der Waals surface area contributed by atoms with E-state index in [0.717, 1.165) is 38.5 Å². The molecule has 3 saturated heterocycles. The van der Waals surface area contributed by atoms with Gasteiger partial charge in [0.05, 0.1) is 31.1 Å². The summed E-state index contributed by atoms with van der Waals surface area (Å²) in [7, 11) is 13.0. The summed E-state index contributed by atoms with van der Waals surface area (Å²) in [4.78, 5) is 197. The highest BCUT2D eigenvalue weighted by atomic mass is 19.4. The lowest BCUT2D eigenvalue weighted by Crippen LogP contribution is -2.68. The van der Waals surface area contributed by atoms with Crippen LogP contribution in [0.4, 0.5) is 13.2 Å². The number of carbonyl (C=O) groups is 12. The first-order chi connectivity index (χ1) is 50.7. The fourth-order valence-corrected chi connectivity index (χ4v) is 18.4. The van der Waals surface area contributed by atoms with Gasteiger partial charge in [0.25, 0.3) is 0 Å². The molecule has 8 aliphatic rings. The normalized spacial score (nSPS) is 32.6. The molecule has 2 N–H and O–H groups in total. The van der Waals surface area contributed by atoms with Crippen molar-refractivity contribution in [1.29, 1.82) is 0 Å². The van der Waals surface area contributed by atoms with Crippen LogP contribution >= 0.6 is 0 Å². The van der Waals surface area contributed by atoms with Crippen molar-refractivity contribution in [3.8, 4) is 0 Å². The maximum atomic E-state index is 15.8. The molecule has 4 saturated carbocycles. The van der Waals surface area contributed by atoms with Crippen molar-refractivity contribution in [2.24, 2.45) is 35.5 Å². The summed E-state index contributed by atoms with van der Waals surface area (Å²) in [5.74, 6) is -9.85. The molecular weight excluding hydrogens is 1390 g/mol. The zero-order valence-electron chi connectivity index (χ0n) is 66.2. The molecule has 26 nitrogen and oxygen atoms in total. The predicted molar refractivity (Wildman–Crippen MR) is 394 cm³/mol. The molecule has 0 radical (unpaired) electrons. The van der Waals surface area contributed by atoms with Crippen molar-refractivity contribution in [1.82, 2.24) is 59.6 Å².